The fraction of sp³-hybridized carbons (Fsp3) is 0.650. The number of aromatic nitrogens is 2. The maximum Gasteiger partial charge on any atom is 0.327 e. The molecule has 0 aliphatic carbocycles. The number of aliphatic carboxylic acids is 1. The van der Waals surface area contributed by atoms with Crippen molar-refractivity contribution >= 4 is 36.3 Å². The maximum absolute atomic E-state index is 13.0. The lowest BCUT2D eigenvalue weighted by molar-refractivity contribution is -0.142. The Balaban J connectivity index is 2.05. The number of aromatic amines is 1. The molecule has 32 heavy (non-hydrogen) atoms. The molecule has 4 unspecified atom stereocenters. The van der Waals surface area contributed by atoms with Crippen LogP contribution in [-0.4, -0.2) is 80.1 Å². The van der Waals surface area contributed by atoms with Gasteiger partial charge in [-0.1, -0.05) is 13.8 Å². The maximum atomic E-state index is 13.0. The van der Waals surface area contributed by atoms with Crippen molar-refractivity contribution in [2.45, 2.75) is 63.7 Å². The number of H-pyrrole nitrogens is 1. The van der Waals surface area contributed by atoms with Crippen LogP contribution in [0.1, 0.15) is 38.8 Å². The summed E-state index contributed by atoms with van der Waals surface area (Å²) >= 11 is 3.95. The molecule has 1 aromatic rings. The summed E-state index contributed by atoms with van der Waals surface area (Å²) in [7, 11) is 0. The first kappa shape index (κ1) is 25.7. The van der Waals surface area contributed by atoms with Crippen molar-refractivity contribution in [2.24, 2.45) is 11.7 Å². The number of nitrogens with one attached hydrogen (secondary N) is 3. The Labute approximate surface area is 192 Å². The molecule has 178 valence electrons. The van der Waals surface area contributed by atoms with Crippen molar-refractivity contribution in [1.29, 1.82) is 0 Å². The number of carbonyl (C=O) groups excluding carboxylic acids is 3. The number of hydrogen-bond acceptors (Lipinski definition) is 7. The van der Waals surface area contributed by atoms with E-state index in [1.54, 1.807) is 6.20 Å². The number of imidazole rings is 1. The molecule has 6 N–H and O–H groups in total. The average Bonchev–Trinajstić information content (AvgIpc) is 3.42. The number of hydrogen-bond donors (Lipinski definition) is 6. The van der Waals surface area contributed by atoms with E-state index in [-0.39, 0.29) is 24.0 Å². The molecule has 1 saturated heterocycles. The quantitative estimate of drug-likeness (QED) is 0.233. The van der Waals surface area contributed by atoms with Crippen LogP contribution in [-0.2, 0) is 25.6 Å². The van der Waals surface area contributed by atoms with E-state index in [0.717, 1.165) is 5.69 Å². The van der Waals surface area contributed by atoms with Gasteiger partial charge in [0.15, 0.2) is 0 Å². The smallest absolute Gasteiger partial charge is 0.327 e. The third-order valence-corrected chi connectivity index (χ3v) is 5.65. The molecular formula is C20H32N6O5S. The highest BCUT2D eigenvalue weighted by atomic mass is 32.1. The highest BCUT2D eigenvalue weighted by Gasteiger charge is 2.38. The molecule has 4 atom stereocenters. The molecule has 2 rings (SSSR count). The standard InChI is InChI=1S/C20H32N6O5S/c1-11(2)6-14(17(27)25-15(9-32)20(30)31)24-18(28)16-4-3-5-26(16)19(29)13(21)7-12-8-22-10-23-12/h8,10-11,13-16,32H,3-7,9,21H2,1-2H3,(H,22,23)(H,24,28)(H,25,27)(H,30,31). The van der Waals surface area contributed by atoms with Crippen LogP contribution in [0.3, 0.4) is 0 Å². The van der Waals surface area contributed by atoms with Crippen LogP contribution in [0.4, 0.5) is 0 Å². The lowest BCUT2D eigenvalue weighted by Gasteiger charge is -2.29. The highest BCUT2D eigenvalue weighted by molar-refractivity contribution is 7.80. The van der Waals surface area contributed by atoms with Crippen LogP contribution in [0, 0.1) is 5.92 Å². The summed E-state index contributed by atoms with van der Waals surface area (Å²) in [5.41, 5.74) is 6.79. The van der Waals surface area contributed by atoms with E-state index in [4.69, 9.17) is 10.8 Å². The molecule has 1 aromatic heterocycles. The Morgan fingerprint density at radius 3 is 2.59 bits per heavy atom. The van der Waals surface area contributed by atoms with Gasteiger partial charge in [-0.2, -0.15) is 12.6 Å². The first-order chi connectivity index (χ1) is 15.1. The fourth-order valence-corrected chi connectivity index (χ4v) is 3.91. The summed E-state index contributed by atoms with van der Waals surface area (Å²) in [6.45, 7) is 4.18. The lowest BCUT2D eigenvalue weighted by Crippen LogP contribution is -2.57. The Kier molecular flexibility index (Phi) is 9.51. The first-order valence-electron chi connectivity index (χ1n) is 10.6. The van der Waals surface area contributed by atoms with Crippen LogP contribution < -0.4 is 16.4 Å². The van der Waals surface area contributed by atoms with E-state index in [1.807, 2.05) is 13.8 Å². The van der Waals surface area contributed by atoms with Gasteiger partial charge >= 0.3 is 5.97 Å². The van der Waals surface area contributed by atoms with E-state index in [2.05, 4.69) is 33.2 Å². The number of thiol groups is 1. The molecule has 0 radical (unpaired) electrons. The second kappa shape index (κ2) is 11.9. The van der Waals surface area contributed by atoms with E-state index in [9.17, 15) is 19.2 Å². The lowest BCUT2D eigenvalue weighted by atomic mass is 10.0. The van der Waals surface area contributed by atoms with Gasteiger partial charge in [0.1, 0.15) is 18.1 Å². The molecule has 3 amide bonds. The van der Waals surface area contributed by atoms with Gasteiger partial charge in [-0.3, -0.25) is 14.4 Å². The molecule has 0 saturated carbocycles. The number of carboxylic acids is 1. The van der Waals surface area contributed by atoms with E-state index >= 15 is 0 Å². The van der Waals surface area contributed by atoms with E-state index < -0.39 is 42.0 Å². The summed E-state index contributed by atoms with van der Waals surface area (Å²) in [6, 6.07) is -3.66. The Bertz CT molecular complexity index is 802. The fourth-order valence-electron chi connectivity index (χ4n) is 3.67. The van der Waals surface area contributed by atoms with Gasteiger partial charge in [0, 0.05) is 30.6 Å². The summed E-state index contributed by atoms with van der Waals surface area (Å²) in [4.78, 5) is 58.0. The molecule has 2 heterocycles. The van der Waals surface area contributed by atoms with Gasteiger partial charge in [0.05, 0.1) is 12.4 Å². The molecule has 1 aliphatic rings. The molecule has 0 aromatic carbocycles. The van der Waals surface area contributed by atoms with E-state index in [1.165, 1.54) is 11.2 Å². The zero-order valence-electron chi connectivity index (χ0n) is 18.3. The van der Waals surface area contributed by atoms with Crippen molar-refractivity contribution in [2.75, 3.05) is 12.3 Å². The first-order valence-corrected chi connectivity index (χ1v) is 11.2. The van der Waals surface area contributed by atoms with E-state index in [0.29, 0.717) is 25.8 Å². The van der Waals surface area contributed by atoms with Crippen molar-refractivity contribution in [3.8, 4) is 0 Å². The van der Waals surface area contributed by atoms with Crippen LogP contribution in [0.5, 0.6) is 0 Å². The number of nitrogens with zero attached hydrogens (tertiary/aromatic N) is 2. The third kappa shape index (κ3) is 6.95. The van der Waals surface area contributed by atoms with Crippen LogP contribution in [0.2, 0.25) is 0 Å². The number of carbonyl (C=O) groups is 4. The Morgan fingerprint density at radius 2 is 2.03 bits per heavy atom. The van der Waals surface area contributed by atoms with Crippen molar-refractivity contribution < 1.29 is 24.3 Å². The largest absolute Gasteiger partial charge is 0.480 e. The molecule has 0 bridgehead atoms. The number of rotatable bonds is 11. The minimum Gasteiger partial charge on any atom is -0.480 e. The van der Waals surface area contributed by atoms with Gasteiger partial charge in [-0.15, -0.1) is 0 Å². The molecule has 0 spiro atoms. The molecule has 1 aliphatic heterocycles. The third-order valence-electron chi connectivity index (χ3n) is 5.29. The van der Waals surface area contributed by atoms with Crippen LogP contribution in [0.15, 0.2) is 12.5 Å². The number of nitrogens with two attached hydrogens (primary N) is 1. The second-order valence-corrected chi connectivity index (χ2v) is 8.71. The summed E-state index contributed by atoms with van der Waals surface area (Å²) < 4.78 is 0. The molecule has 12 heteroatoms. The SMILES string of the molecule is CC(C)CC(NC(=O)C1CCCN1C(=O)C(N)Cc1cnc[nH]1)C(=O)NC(CS)C(=O)O. The zero-order valence-corrected chi connectivity index (χ0v) is 19.2. The average molecular weight is 469 g/mol. The Morgan fingerprint density at radius 1 is 1.31 bits per heavy atom. The van der Waals surface area contributed by atoms with Gasteiger partial charge in [0.2, 0.25) is 17.7 Å². The highest BCUT2D eigenvalue weighted by Crippen LogP contribution is 2.20. The summed E-state index contributed by atoms with van der Waals surface area (Å²) in [5, 5.41) is 14.3. The van der Waals surface area contributed by atoms with Crippen molar-refractivity contribution in [3.05, 3.63) is 18.2 Å². The topological polar surface area (TPSA) is 171 Å². The predicted molar refractivity (Wildman–Crippen MR) is 120 cm³/mol. The van der Waals surface area contributed by atoms with Crippen molar-refractivity contribution in [3.63, 3.8) is 0 Å². The van der Waals surface area contributed by atoms with Crippen LogP contribution in [0.25, 0.3) is 0 Å². The van der Waals surface area contributed by atoms with Gasteiger partial charge in [-0.05, 0) is 25.2 Å². The number of likely N-dealkylation sites (tertiary alicyclic amines) is 1. The Hall–Kier alpha value is -2.60. The van der Waals surface area contributed by atoms with Gasteiger partial charge in [0.25, 0.3) is 0 Å². The number of amides is 3. The minimum atomic E-state index is -1.21. The molecule has 11 nitrogen and oxygen atoms in total. The van der Waals surface area contributed by atoms with Gasteiger partial charge in [-0.25, -0.2) is 9.78 Å². The molecular weight excluding hydrogens is 436 g/mol. The predicted octanol–water partition coefficient (Wildman–Crippen LogP) is -0.699. The second-order valence-electron chi connectivity index (χ2n) is 8.35. The van der Waals surface area contributed by atoms with Crippen molar-refractivity contribution in [1.82, 2.24) is 25.5 Å². The minimum absolute atomic E-state index is 0.0643. The summed E-state index contributed by atoms with van der Waals surface area (Å²) in [5.74, 6) is -2.62. The summed E-state index contributed by atoms with van der Waals surface area (Å²) in [6.07, 6.45) is 4.77. The van der Waals surface area contributed by atoms with Gasteiger partial charge < -0.3 is 31.4 Å². The normalized spacial score (nSPS) is 18.8. The zero-order chi connectivity index (χ0) is 23.8. The number of carboxylic acid groups (broad SMARTS) is 1. The molecule has 1 fully saturated rings. The van der Waals surface area contributed by atoms with Crippen LogP contribution >= 0.6 is 12.6 Å². The monoisotopic (exact) mass is 468 g/mol.